The number of carbonyl (C=O) groups is 3. The maximum atomic E-state index is 12.6. The first-order chi connectivity index (χ1) is 12.8. The number of benzene rings is 1. The van der Waals surface area contributed by atoms with Crippen LogP contribution in [0.25, 0.3) is 0 Å². The van der Waals surface area contributed by atoms with E-state index in [-0.39, 0.29) is 25.4 Å². The number of alkyl halides is 3. The van der Waals surface area contributed by atoms with Gasteiger partial charge in [-0.15, -0.1) is 0 Å². The summed E-state index contributed by atoms with van der Waals surface area (Å²) >= 11 is 0. The largest absolute Gasteiger partial charge is 0.471 e. The molecule has 0 spiro atoms. The predicted molar refractivity (Wildman–Crippen MR) is 89.4 cm³/mol. The van der Waals surface area contributed by atoms with E-state index in [9.17, 15) is 27.6 Å². The molecule has 2 aliphatic rings. The Labute approximate surface area is 154 Å². The first-order valence-electron chi connectivity index (χ1n) is 8.77. The van der Waals surface area contributed by atoms with Gasteiger partial charge in [0.2, 0.25) is 11.8 Å². The fraction of sp³-hybridized carbons (Fsp3) is 0.500. The topological polar surface area (TPSA) is 69.7 Å². The van der Waals surface area contributed by atoms with Crippen molar-refractivity contribution in [3.63, 3.8) is 0 Å². The molecule has 1 unspecified atom stereocenters. The van der Waals surface area contributed by atoms with Crippen molar-refractivity contribution in [1.29, 1.82) is 0 Å². The van der Waals surface area contributed by atoms with Crippen molar-refractivity contribution < 1.29 is 27.6 Å². The zero-order chi connectivity index (χ0) is 19.6. The van der Waals surface area contributed by atoms with Gasteiger partial charge in [-0.2, -0.15) is 13.2 Å². The van der Waals surface area contributed by atoms with Gasteiger partial charge in [-0.25, -0.2) is 0 Å². The van der Waals surface area contributed by atoms with Crippen molar-refractivity contribution in [2.45, 2.75) is 38.0 Å². The number of carbonyl (C=O) groups excluding carboxylic acids is 3. The lowest BCUT2D eigenvalue weighted by Gasteiger charge is -2.29. The molecule has 146 valence electrons. The van der Waals surface area contributed by atoms with Gasteiger partial charge in [0.1, 0.15) is 6.04 Å². The standard InChI is InChI=1S/C18H20F3N3O3/c19-18(20,21)17(27)24-8-3-6-14(24)16(26)22-10-15(25)23-9-7-12-4-1-2-5-13(12)11-23/h1-2,4-5,14H,3,6-11H2,(H,22,26). The van der Waals surface area contributed by atoms with Crippen LogP contribution in [0.15, 0.2) is 24.3 Å². The number of likely N-dealkylation sites (tertiary alicyclic amines) is 1. The summed E-state index contributed by atoms with van der Waals surface area (Å²) in [5.41, 5.74) is 2.22. The zero-order valence-corrected chi connectivity index (χ0v) is 14.6. The molecule has 2 aliphatic heterocycles. The number of hydrogen-bond acceptors (Lipinski definition) is 3. The summed E-state index contributed by atoms with van der Waals surface area (Å²) in [7, 11) is 0. The lowest BCUT2D eigenvalue weighted by atomic mass is 10.00. The molecular weight excluding hydrogens is 363 g/mol. The zero-order valence-electron chi connectivity index (χ0n) is 14.6. The Balaban J connectivity index is 1.54. The van der Waals surface area contributed by atoms with E-state index in [1.165, 1.54) is 5.56 Å². The summed E-state index contributed by atoms with van der Waals surface area (Å²) < 4.78 is 37.9. The Kier molecular flexibility index (Phi) is 5.38. The molecule has 9 heteroatoms. The van der Waals surface area contributed by atoms with E-state index < -0.39 is 24.0 Å². The molecule has 0 saturated carbocycles. The third-order valence-corrected chi connectivity index (χ3v) is 4.96. The van der Waals surface area contributed by atoms with Crippen LogP contribution in [0.1, 0.15) is 24.0 Å². The Morgan fingerprint density at radius 2 is 1.81 bits per heavy atom. The van der Waals surface area contributed by atoms with Crippen LogP contribution >= 0.6 is 0 Å². The molecule has 0 radical (unpaired) electrons. The Morgan fingerprint density at radius 1 is 1.11 bits per heavy atom. The van der Waals surface area contributed by atoms with Gasteiger partial charge in [0.25, 0.3) is 0 Å². The van der Waals surface area contributed by atoms with E-state index in [4.69, 9.17) is 0 Å². The van der Waals surface area contributed by atoms with Gasteiger partial charge in [0.05, 0.1) is 6.54 Å². The number of hydrogen-bond donors (Lipinski definition) is 1. The van der Waals surface area contributed by atoms with Gasteiger partial charge >= 0.3 is 12.1 Å². The highest BCUT2D eigenvalue weighted by molar-refractivity contribution is 5.92. The lowest BCUT2D eigenvalue weighted by Crippen LogP contribution is -2.51. The monoisotopic (exact) mass is 383 g/mol. The fourth-order valence-electron chi connectivity index (χ4n) is 3.55. The number of nitrogens with one attached hydrogen (secondary N) is 1. The molecule has 1 aromatic carbocycles. The average molecular weight is 383 g/mol. The van der Waals surface area contributed by atoms with Crippen LogP contribution < -0.4 is 5.32 Å². The highest BCUT2D eigenvalue weighted by Gasteiger charge is 2.47. The van der Waals surface area contributed by atoms with Gasteiger partial charge in [-0.1, -0.05) is 24.3 Å². The van der Waals surface area contributed by atoms with Crippen molar-refractivity contribution in [3.05, 3.63) is 35.4 Å². The van der Waals surface area contributed by atoms with E-state index >= 15 is 0 Å². The van der Waals surface area contributed by atoms with Gasteiger partial charge in [0, 0.05) is 19.6 Å². The molecule has 0 aliphatic carbocycles. The molecule has 1 fully saturated rings. The number of nitrogens with zero attached hydrogens (tertiary/aromatic N) is 2. The summed E-state index contributed by atoms with van der Waals surface area (Å²) in [5, 5.41) is 2.39. The molecule has 6 nitrogen and oxygen atoms in total. The molecule has 1 aromatic rings. The summed E-state index contributed by atoms with van der Waals surface area (Å²) in [5.74, 6) is -3.04. The van der Waals surface area contributed by atoms with E-state index in [0.717, 1.165) is 5.56 Å². The molecule has 2 heterocycles. The maximum absolute atomic E-state index is 12.6. The quantitative estimate of drug-likeness (QED) is 0.854. The number of fused-ring (bicyclic) bond motifs is 1. The molecule has 0 bridgehead atoms. The van der Waals surface area contributed by atoms with E-state index in [2.05, 4.69) is 5.32 Å². The van der Waals surface area contributed by atoms with E-state index in [1.54, 1.807) is 4.90 Å². The van der Waals surface area contributed by atoms with Crippen LogP contribution in [0.3, 0.4) is 0 Å². The fourth-order valence-corrected chi connectivity index (χ4v) is 3.55. The third kappa shape index (κ3) is 4.23. The van der Waals surface area contributed by atoms with Crippen molar-refractivity contribution in [2.75, 3.05) is 19.6 Å². The molecule has 27 heavy (non-hydrogen) atoms. The molecule has 1 saturated heterocycles. The van der Waals surface area contributed by atoms with Crippen LogP contribution in [0.4, 0.5) is 13.2 Å². The Morgan fingerprint density at radius 3 is 2.52 bits per heavy atom. The minimum absolute atomic E-state index is 0.118. The second kappa shape index (κ2) is 7.58. The highest BCUT2D eigenvalue weighted by Crippen LogP contribution is 2.25. The van der Waals surface area contributed by atoms with Gasteiger partial charge < -0.3 is 15.1 Å². The van der Waals surface area contributed by atoms with Crippen molar-refractivity contribution in [1.82, 2.24) is 15.1 Å². The smallest absolute Gasteiger partial charge is 0.345 e. The van der Waals surface area contributed by atoms with Gasteiger partial charge in [-0.3, -0.25) is 14.4 Å². The normalized spacial score (nSPS) is 19.6. The first-order valence-corrected chi connectivity index (χ1v) is 8.77. The highest BCUT2D eigenvalue weighted by atomic mass is 19.4. The van der Waals surface area contributed by atoms with Crippen molar-refractivity contribution >= 4 is 17.7 Å². The van der Waals surface area contributed by atoms with Gasteiger partial charge in [0.15, 0.2) is 0 Å². The number of halogens is 3. The molecule has 3 amide bonds. The molecule has 1 atom stereocenters. The van der Waals surface area contributed by atoms with Crippen LogP contribution in [-0.2, 0) is 27.3 Å². The Bertz CT molecular complexity index is 751. The molecular formula is C18H20F3N3O3. The summed E-state index contributed by atoms with van der Waals surface area (Å²) in [6, 6.07) is 6.58. The Hall–Kier alpha value is -2.58. The third-order valence-electron chi connectivity index (χ3n) is 4.96. The SMILES string of the molecule is O=C(NCC(=O)N1CCc2ccccc2C1)C1CCCN1C(=O)C(F)(F)F. The number of rotatable bonds is 3. The van der Waals surface area contributed by atoms with Crippen molar-refractivity contribution in [2.24, 2.45) is 0 Å². The maximum Gasteiger partial charge on any atom is 0.471 e. The minimum Gasteiger partial charge on any atom is -0.345 e. The summed E-state index contributed by atoms with van der Waals surface area (Å²) in [6.07, 6.45) is -3.83. The van der Waals surface area contributed by atoms with Crippen LogP contribution in [0.2, 0.25) is 0 Å². The molecule has 0 aromatic heterocycles. The lowest BCUT2D eigenvalue weighted by molar-refractivity contribution is -0.186. The summed E-state index contributed by atoms with van der Waals surface area (Å²) in [6.45, 7) is 0.541. The van der Waals surface area contributed by atoms with E-state index in [0.29, 0.717) is 30.8 Å². The van der Waals surface area contributed by atoms with Crippen LogP contribution in [-0.4, -0.2) is 59.4 Å². The molecule has 1 N–H and O–H groups in total. The minimum atomic E-state index is -5.01. The predicted octanol–water partition coefficient (Wildman–Crippen LogP) is 1.24. The number of amides is 3. The van der Waals surface area contributed by atoms with Crippen molar-refractivity contribution in [3.8, 4) is 0 Å². The van der Waals surface area contributed by atoms with E-state index in [1.807, 2.05) is 24.3 Å². The summed E-state index contributed by atoms with van der Waals surface area (Å²) in [4.78, 5) is 38.2. The van der Waals surface area contributed by atoms with Crippen LogP contribution in [0.5, 0.6) is 0 Å². The van der Waals surface area contributed by atoms with Crippen LogP contribution in [0, 0.1) is 0 Å². The second-order valence-corrected chi connectivity index (χ2v) is 6.71. The molecule has 3 rings (SSSR count). The second-order valence-electron chi connectivity index (χ2n) is 6.71. The first kappa shape index (κ1) is 19.2. The van der Waals surface area contributed by atoms with Gasteiger partial charge in [-0.05, 0) is 30.4 Å². The average Bonchev–Trinajstić information content (AvgIpc) is 3.13.